The van der Waals surface area contributed by atoms with Gasteiger partial charge in [0.1, 0.15) is 4.21 Å². The van der Waals surface area contributed by atoms with Gasteiger partial charge in [0.2, 0.25) is 0 Å². The molecule has 0 fully saturated rings. The van der Waals surface area contributed by atoms with E-state index in [1.807, 2.05) is 25.2 Å². The van der Waals surface area contributed by atoms with Crippen molar-refractivity contribution in [1.29, 1.82) is 0 Å². The minimum Gasteiger partial charge on any atom is -0.388 e. The first-order chi connectivity index (χ1) is 14.9. The van der Waals surface area contributed by atoms with E-state index >= 15 is 0 Å². The number of aromatic nitrogens is 3. The lowest BCUT2D eigenvalue weighted by Crippen LogP contribution is -2.30. The van der Waals surface area contributed by atoms with E-state index in [0.29, 0.717) is 19.7 Å². The molecule has 1 atom stereocenters. The molecule has 0 aliphatic rings. The van der Waals surface area contributed by atoms with Crippen LogP contribution in [0.15, 0.2) is 63.7 Å². The number of anilines is 2. The Morgan fingerprint density at radius 2 is 1.97 bits per heavy atom. The van der Waals surface area contributed by atoms with Crippen molar-refractivity contribution in [2.24, 2.45) is 0 Å². The molecule has 0 saturated heterocycles. The minimum absolute atomic E-state index is 0.134. The summed E-state index contributed by atoms with van der Waals surface area (Å²) < 4.78 is 16.6. The van der Waals surface area contributed by atoms with Crippen molar-refractivity contribution in [2.75, 3.05) is 17.7 Å². The third kappa shape index (κ3) is 4.58. The molecule has 3 aromatic heterocycles. The molecule has 0 saturated carbocycles. The smallest absolute Gasteiger partial charge is 0.332 e. The number of pyridine rings is 1. The number of halogens is 1. The lowest BCUT2D eigenvalue weighted by molar-refractivity contribution is 0.257. The van der Waals surface area contributed by atoms with E-state index in [-0.39, 0.29) is 11.4 Å². The fourth-order valence-corrected chi connectivity index (χ4v) is 4.90. The summed E-state index contributed by atoms with van der Waals surface area (Å²) >= 11 is 6.91. The van der Waals surface area contributed by atoms with Gasteiger partial charge < -0.3 is 5.32 Å². The average molecular weight is 475 g/mol. The molecule has 3 N–H and O–H groups in total. The Labute approximate surface area is 187 Å². The number of thiophene rings is 1. The van der Waals surface area contributed by atoms with Crippen molar-refractivity contribution in [3.8, 4) is 5.82 Å². The van der Waals surface area contributed by atoms with Crippen LogP contribution in [0.5, 0.6) is 0 Å². The second-order valence-corrected chi connectivity index (χ2v) is 9.36. The second kappa shape index (κ2) is 8.84. The molecular formula is C19H15ClN6O3S2. The van der Waals surface area contributed by atoms with Crippen LogP contribution in [0.4, 0.5) is 16.3 Å². The number of hydrogen-bond donors (Lipinski definition) is 3. The molecule has 1 aromatic carbocycles. The molecule has 4 rings (SSSR count). The van der Waals surface area contributed by atoms with Crippen LogP contribution in [0.25, 0.3) is 16.6 Å². The van der Waals surface area contributed by atoms with E-state index in [0.717, 1.165) is 22.4 Å². The van der Waals surface area contributed by atoms with E-state index in [1.54, 1.807) is 30.5 Å². The predicted molar refractivity (Wildman–Crippen MR) is 123 cm³/mol. The number of carbonyl (C=O) groups is 1. The Bertz CT molecular complexity index is 1350. The van der Waals surface area contributed by atoms with E-state index in [9.17, 15) is 13.8 Å². The van der Waals surface area contributed by atoms with Crippen molar-refractivity contribution in [1.82, 2.24) is 19.5 Å². The summed E-state index contributed by atoms with van der Waals surface area (Å²) in [6, 6.07) is 12.7. The Hall–Kier alpha value is -3.28. The monoisotopic (exact) mass is 474 g/mol. The van der Waals surface area contributed by atoms with Crippen molar-refractivity contribution >= 4 is 62.2 Å². The van der Waals surface area contributed by atoms with E-state index in [1.165, 1.54) is 10.6 Å². The van der Waals surface area contributed by atoms with Crippen molar-refractivity contribution in [3.63, 3.8) is 0 Å². The number of nitrogens with zero attached hydrogens (tertiary/aromatic N) is 3. The van der Waals surface area contributed by atoms with Gasteiger partial charge in [-0.15, -0.1) is 21.5 Å². The largest absolute Gasteiger partial charge is 0.388 e. The van der Waals surface area contributed by atoms with Crippen LogP contribution >= 0.6 is 22.9 Å². The Morgan fingerprint density at radius 3 is 2.65 bits per heavy atom. The summed E-state index contributed by atoms with van der Waals surface area (Å²) in [6.07, 6.45) is 1.61. The number of urea groups is 1. The van der Waals surface area contributed by atoms with Crippen LogP contribution in [0.2, 0.25) is 4.34 Å². The Balaban J connectivity index is 1.49. The molecule has 0 radical (unpaired) electrons. The lowest BCUT2D eigenvalue weighted by Gasteiger charge is -2.08. The fourth-order valence-electron chi connectivity index (χ4n) is 2.78. The van der Waals surface area contributed by atoms with Gasteiger partial charge in [-0.3, -0.25) is 19.4 Å². The van der Waals surface area contributed by atoms with Gasteiger partial charge in [0.25, 0.3) is 5.56 Å². The topological polar surface area (TPSA) is 118 Å². The molecule has 2 amide bonds. The van der Waals surface area contributed by atoms with Crippen molar-refractivity contribution in [2.45, 2.75) is 4.21 Å². The van der Waals surface area contributed by atoms with Gasteiger partial charge in [0, 0.05) is 24.3 Å². The van der Waals surface area contributed by atoms with Gasteiger partial charge >= 0.3 is 6.03 Å². The zero-order valence-electron chi connectivity index (χ0n) is 16.0. The Morgan fingerprint density at radius 1 is 1.13 bits per heavy atom. The number of hydrogen-bond acceptors (Lipinski definition) is 7. The lowest BCUT2D eigenvalue weighted by atomic mass is 10.1. The third-order valence-corrected chi connectivity index (χ3v) is 6.85. The molecular weight excluding hydrogens is 460 g/mol. The van der Waals surface area contributed by atoms with Gasteiger partial charge in [0.15, 0.2) is 22.6 Å². The molecule has 1 unspecified atom stereocenters. The molecule has 3 heterocycles. The van der Waals surface area contributed by atoms with Crippen molar-refractivity contribution < 1.29 is 9.00 Å². The summed E-state index contributed by atoms with van der Waals surface area (Å²) in [5.41, 5.74) is 0.666. The Kier molecular flexibility index (Phi) is 5.98. The minimum atomic E-state index is -1.75. The van der Waals surface area contributed by atoms with Crippen molar-refractivity contribution in [3.05, 3.63) is 69.4 Å². The first-order valence-corrected chi connectivity index (χ1v) is 11.2. The van der Waals surface area contributed by atoms with E-state index in [2.05, 4.69) is 25.6 Å². The quantitative estimate of drug-likeness (QED) is 0.408. The highest BCUT2D eigenvalue weighted by molar-refractivity contribution is 7.86. The number of nitrogens with one attached hydrogen (secondary N) is 3. The summed E-state index contributed by atoms with van der Waals surface area (Å²) in [4.78, 5) is 24.8. The van der Waals surface area contributed by atoms with Gasteiger partial charge in [-0.1, -0.05) is 11.6 Å². The maximum atomic E-state index is 12.8. The summed E-state index contributed by atoms with van der Waals surface area (Å²) in [5.74, 6) is 0.433. The molecule has 0 aliphatic carbocycles. The first-order valence-electron chi connectivity index (χ1n) is 8.86. The van der Waals surface area contributed by atoms with Gasteiger partial charge in [-0.2, -0.15) is 0 Å². The van der Waals surface area contributed by atoms with Crippen LogP contribution in [-0.2, 0) is 11.0 Å². The number of carbonyl (C=O) groups excluding carboxylic acids is 1. The highest BCUT2D eigenvalue weighted by atomic mass is 35.5. The third-order valence-electron chi connectivity index (χ3n) is 4.25. The SMILES string of the molecule is CNc1ccc2c(=O)n(-c3ccc(NC(=O)NS(=O)c4ccc(Cl)s4)nn3)ccc2c1. The highest BCUT2D eigenvalue weighted by Crippen LogP contribution is 2.23. The fraction of sp³-hybridized carbons (Fsp3) is 0.0526. The normalized spacial score (nSPS) is 11.8. The number of rotatable bonds is 5. The first kappa shape index (κ1) is 21.0. The van der Waals surface area contributed by atoms with Gasteiger partial charge in [0.05, 0.1) is 4.34 Å². The molecule has 0 bridgehead atoms. The summed E-state index contributed by atoms with van der Waals surface area (Å²) in [6.45, 7) is 0. The molecule has 31 heavy (non-hydrogen) atoms. The van der Waals surface area contributed by atoms with Crippen LogP contribution in [-0.4, -0.2) is 32.1 Å². The second-order valence-electron chi connectivity index (χ2n) is 6.20. The maximum Gasteiger partial charge on any atom is 0.332 e. The molecule has 12 heteroatoms. The van der Waals surface area contributed by atoms with E-state index in [4.69, 9.17) is 11.6 Å². The van der Waals surface area contributed by atoms with Crippen LogP contribution in [0, 0.1) is 0 Å². The van der Waals surface area contributed by atoms with Crippen LogP contribution in [0.1, 0.15) is 0 Å². The summed E-state index contributed by atoms with van der Waals surface area (Å²) in [5, 5.41) is 14.8. The van der Waals surface area contributed by atoms with Crippen LogP contribution in [0.3, 0.4) is 0 Å². The number of amides is 2. The molecule has 4 aromatic rings. The number of fused-ring (bicyclic) bond motifs is 1. The average Bonchev–Trinajstić information content (AvgIpc) is 3.21. The number of benzene rings is 1. The summed E-state index contributed by atoms with van der Waals surface area (Å²) in [7, 11) is 0.0632. The van der Waals surface area contributed by atoms with Gasteiger partial charge in [-0.25, -0.2) is 9.00 Å². The van der Waals surface area contributed by atoms with Gasteiger partial charge in [-0.05, 0) is 53.9 Å². The zero-order valence-corrected chi connectivity index (χ0v) is 18.3. The van der Waals surface area contributed by atoms with E-state index < -0.39 is 17.0 Å². The standard InChI is InChI=1S/C19H15ClN6O3S2/c1-21-12-2-3-13-11(10-12)8-9-26(18(13)27)16-6-5-15(23-24-16)22-19(28)25-31(29)17-7-4-14(20)30-17/h2-10,21H,1H3,(H2,22,23,25,28). The molecule has 158 valence electrons. The molecule has 0 aliphatic heterocycles. The molecule has 0 spiro atoms. The predicted octanol–water partition coefficient (Wildman–Crippen LogP) is 3.38. The van der Waals surface area contributed by atoms with Crippen LogP contribution < -0.4 is 20.9 Å². The molecule has 9 nitrogen and oxygen atoms in total. The maximum absolute atomic E-state index is 12.8. The zero-order chi connectivity index (χ0) is 22.0. The highest BCUT2D eigenvalue weighted by Gasteiger charge is 2.12.